The Labute approximate surface area is 118 Å². The van der Waals surface area contributed by atoms with E-state index in [4.69, 9.17) is 10.9 Å². The summed E-state index contributed by atoms with van der Waals surface area (Å²) in [5.41, 5.74) is 5.60. The molecule has 0 saturated carbocycles. The largest absolute Gasteiger partial charge is 0.409 e. The van der Waals surface area contributed by atoms with Gasteiger partial charge in [0.2, 0.25) is 0 Å². The molecule has 0 heterocycles. The molecule has 1 atom stereocenters. The first-order valence-corrected chi connectivity index (χ1v) is 6.49. The zero-order valence-corrected chi connectivity index (χ0v) is 11.9. The van der Waals surface area contributed by atoms with Crippen LogP contribution in [0.2, 0.25) is 0 Å². The molecule has 0 fully saturated rings. The molecule has 0 aliphatic rings. The van der Waals surface area contributed by atoms with Gasteiger partial charge in [-0.2, -0.15) is 0 Å². The molecule has 1 unspecified atom stereocenters. The number of halogens is 2. The first-order chi connectivity index (χ1) is 8.97. The molecule has 0 bridgehead atoms. The summed E-state index contributed by atoms with van der Waals surface area (Å²) >= 11 is 3.19. The molecule has 1 amide bonds. The van der Waals surface area contributed by atoms with E-state index in [0.717, 1.165) is 6.07 Å². The number of amides is 1. The first-order valence-electron chi connectivity index (χ1n) is 5.70. The maximum atomic E-state index is 13.1. The quantitative estimate of drug-likeness (QED) is 0.334. The highest BCUT2D eigenvalue weighted by atomic mass is 79.9. The number of nitrogens with two attached hydrogens (primary N) is 1. The number of hydrogen-bond donors (Lipinski definition) is 3. The van der Waals surface area contributed by atoms with Gasteiger partial charge in [0.1, 0.15) is 11.7 Å². The summed E-state index contributed by atoms with van der Waals surface area (Å²) in [6, 6.07) is 3.59. The van der Waals surface area contributed by atoms with Crippen LogP contribution in [0, 0.1) is 5.82 Å². The lowest BCUT2D eigenvalue weighted by Crippen LogP contribution is -2.37. The molecule has 0 spiro atoms. The second kappa shape index (κ2) is 7.08. The van der Waals surface area contributed by atoms with Crippen molar-refractivity contribution in [2.24, 2.45) is 10.9 Å². The number of benzene rings is 1. The SMILES string of the molecule is CCC(CC(N)=NO)NC(=O)c1cc(F)ccc1Br. The van der Waals surface area contributed by atoms with Crippen molar-refractivity contribution in [3.63, 3.8) is 0 Å². The van der Waals surface area contributed by atoms with Crippen LogP contribution < -0.4 is 11.1 Å². The molecule has 19 heavy (non-hydrogen) atoms. The van der Waals surface area contributed by atoms with E-state index in [0.29, 0.717) is 10.9 Å². The number of carbonyl (C=O) groups excluding carboxylic acids is 1. The topological polar surface area (TPSA) is 87.7 Å². The highest BCUT2D eigenvalue weighted by Gasteiger charge is 2.16. The molecular formula is C12H15BrFN3O2. The molecular weight excluding hydrogens is 317 g/mol. The second-order valence-electron chi connectivity index (χ2n) is 4.00. The van der Waals surface area contributed by atoms with Crippen LogP contribution in [0.5, 0.6) is 0 Å². The van der Waals surface area contributed by atoms with Crippen molar-refractivity contribution in [3.8, 4) is 0 Å². The molecule has 7 heteroatoms. The zero-order valence-electron chi connectivity index (χ0n) is 10.4. The van der Waals surface area contributed by atoms with Crippen LogP contribution in [0.4, 0.5) is 4.39 Å². The smallest absolute Gasteiger partial charge is 0.252 e. The van der Waals surface area contributed by atoms with E-state index in [2.05, 4.69) is 26.4 Å². The van der Waals surface area contributed by atoms with Gasteiger partial charge in [0.05, 0.1) is 5.56 Å². The van der Waals surface area contributed by atoms with Crippen LogP contribution in [-0.2, 0) is 0 Å². The van der Waals surface area contributed by atoms with Gasteiger partial charge in [-0.1, -0.05) is 12.1 Å². The van der Waals surface area contributed by atoms with Crippen molar-refractivity contribution in [1.29, 1.82) is 0 Å². The number of carbonyl (C=O) groups is 1. The average molecular weight is 332 g/mol. The third kappa shape index (κ3) is 4.51. The Bertz CT molecular complexity index is 494. The van der Waals surface area contributed by atoms with Crippen LogP contribution in [0.15, 0.2) is 27.8 Å². The minimum atomic E-state index is -0.488. The lowest BCUT2D eigenvalue weighted by molar-refractivity contribution is 0.0935. The van der Waals surface area contributed by atoms with Gasteiger partial charge in [0.25, 0.3) is 5.91 Å². The summed E-state index contributed by atoms with van der Waals surface area (Å²) < 4.78 is 13.6. The van der Waals surface area contributed by atoms with Gasteiger partial charge in [-0.3, -0.25) is 4.79 Å². The summed E-state index contributed by atoms with van der Waals surface area (Å²) in [4.78, 5) is 12.0. The fraction of sp³-hybridized carbons (Fsp3) is 0.333. The summed E-state index contributed by atoms with van der Waals surface area (Å²) in [5, 5.41) is 14.1. The number of nitrogens with zero attached hydrogens (tertiary/aromatic N) is 1. The Kier molecular flexibility index (Phi) is 5.75. The van der Waals surface area contributed by atoms with Crippen molar-refractivity contribution in [3.05, 3.63) is 34.1 Å². The van der Waals surface area contributed by atoms with Gasteiger partial charge >= 0.3 is 0 Å². The van der Waals surface area contributed by atoms with E-state index in [1.165, 1.54) is 12.1 Å². The van der Waals surface area contributed by atoms with E-state index in [1.54, 1.807) is 0 Å². The number of hydrogen-bond acceptors (Lipinski definition) is 3. The third-order valence-corrected chi connectivity index (χ3v) is 3.28. The van der Waals surface area contributed by atoms with Crippen LogP contribution in [0.25, 0.3) is 0 Å². The van der Waals surface area contributed by atoms with Gasteiger partial charge in [-0.15, -0.1) is 0 Å². The van der Waals surface area contributed by atoms with Crippen molar-refractivity contribution in [1.82, 2.24) is 5.32 Å². The van der Waals surface area contributed by atoms with E-state index in [9.17, 15) is 9.18 Å². The summed E-state index contributed by atoms with van der Waals surface area (Å²) in [5.74, 6) is -0.868. The molecule has 1 rings (SSSR count). The van der Waals surface area contributed by atoms with Gasteiger partial charge in [0.15, 0.2) is 0 Å². The Hall–Kier alpha value is -1.63. The van der Waals surface area contributed by atoms with Crippen LogP contribution >= 0.6 is 15.9 Å². The Balaban J connectivity index is 2.80. The fourth-order valence-electron chi connectivity index (χ4n) is 1.53. The van der Waals surface area contributed by atoms with Crippen molar-refractivity contribution in [2.45, 2.75) is 25.8 Å². The highest BCUT2D eigenvalue weighted by Crippen LogP contribution is 2.18. The summed E-state index contributed by atoms with van der Waals surface area (Å²) in [6.07, 6.45) is 0.834. The third-order valence-electron chi connectivity index (χ3n) is 2.59. The van der Waals surface area contributed by atoms with Crippen molar-refractivity contribution >= 4 is 27.7 Å². The Morgan fingerprint density at radius 2 is 2.32 bits per heavy atom. The molecule has 0 aliphatic carbocycles. The van der Waals surface area contributed by atoms with Crippen LogP contribution in [-0.4, -0.2) is 23.0 Å². The molecule has 4 N–H and O–H groups in total. The van der Waals surface area contributed by atoms with E-state index in [1.807, 2.05) is 6.92 Å². The van der Waals surface area contributed by atoms with Gasteiger partial charge in [-0.25, -0.2) is 4.39 Å². The summed E-state index contributed by atoms with van der Waals surface area (Å²) in [7, 11) is 0. The maximum absolute atomic E-state index is 13.1. The van der Waals surface area contributed by atoms with Crippen molar-refractivity contribution in [2.75, 3.05) is 0 Å². The number of amidine groups is 1. The molecule has 0 saturated heterocycles. The lowest BCUT2D eigenvalue weighted by atomic mass is 10.1. The van der Waals surface area contributed by atoms with Gasteiger partial charge in [0, 0.05) is 16.9 Å². The molecule has 0 aromatic heterocycles. The minimum absolute atomic E-state index is 0.0328. The standard InChI is InChI=1S/C12H15BrFN3O2/c1-2-8(6-11(15)17-19)16-12(18)9-5-7(14)3-4-10(9)13/h3-5,8,19H,2,6H2,1H3,(H2,15,17)(H,16,18). The molecule has 5 nitrogen and oxygen atoms in total. The van der Waals surface area contributed by atoms with Gasteiger partial charge in [-0.05, 0) is 40.5 Å². The molecule has 1 aromatic rings. The zero-order chi connectivity index (χ0) is 14.4. The van der Waals surface area contributed by atoms with Crippen LogP contribution in [0.1, 0.15) is 30.1 Å². The maximum Gasteiger partial charge on any atom is 0.252 e. The first kappa shape index (κ1) is 15.4. The van der Waals surface area contributed by atoms with E-state index in [-0.39, 0.29) is 23.9 Å². The monoisotopic (exact) mass is 331 g/mol. The van der Waals surface area contributed by atoms with Crippen molar-refractivity contribution < 1.29 is 14.4 Å². The van der Waals surface area contributed by atoms with Gasteiger partial charge < -0.3 is 16.3 Å². The predicted octanol–water partition coefficient (Wildman–Crippen LogP) is 2.23. The lowest BCUT2D eigenvalue weighted by Gasteiger charge is -2.16. The fourth-order valence-corrected chi connectivity index (χ4v) is 1.95. The highest BCUT2D eigenvalue weighted by molar-refractivity contribution is 9.10. The molecule has 0 aliphatic heterocycles. The number of nitrogens with one attached hydrogen (secondary N) is 1. The number of oxime groups is 1. The molecule has 1 aromatic carbocycles. The van der Waals surface area contributed by atoms with Crippen LogP contribution in [0.3, 0.4) is 0 Å². The molecule has 104 valence electrons. The Morgan fingerprint density at radius 1 is 1.63 bits per heavy atom. The normalized spacial score (nSPS) is 13.1. The van der Waals surface area contributed by atoms with E-state index < -0.39 is 11.7 Å². The average Bonchev–Trinajstić information content (AvgIpc) is 2.40. The Morgan fingerprint density at radius 3 is 2.89 bits per heavy atom. The summed E-state index contributed by atoms with van der Waals surface area (Å²) in [6.45, 7) is 1.86. The minimum Gasteiger partial charge on any atom is -0.409 e. The number of rotatable bonds is 5. The van der Waals surface area contributed by atoms with E-state index >= 15 is 0 Å². The molecule has 0 radical (unpaired) electrons. The predicted molar refractivity (Wildman–Crippen MR) is 73.7 cm³/mol. The second-order valence-corrected chi connectivity index (χ2v) is 4.85.